The van der Waals surface area contributed by atoms with E-state index in [1.165, 1.54) is 13.8 Å². The van der Waals surface area contributed by atoms with Crippen LogP contribution in [0.1, 0.15) is 13.8 Å². The van der Waals surface area contributed by atoms with Crippen LogP contribution in [-0.4, -0.2) is 41.8 Å². The van der Waals surface area contributed by atoms with Crippen LogP contribution in [0.5, 0.6) is 0 Å². The number of carbonyl (C=O) groups excluding carboxylic acids is 1. The lowest BCUT2D eigenvalue weighted by molar-refractivity contribution is -0.00749. The fourth-order valence-corrected chi connectivity index (χ4v) is 0.424. The summed E-state index contributed by atoms with van der Waals surface area (Å²) in [5, 5.41) is 17.2. The van der Waals surface area contributed by atoms with Crippen molar-refractivity contribution in [3.8, 4) is 0 Å². The van der Waals surface area contributed by atoms with Crippen molar-refractivity contribution in [1.82, 2.24) is 0 Å². The maximum absolute atomic E-state index is 10.7. The van der Waals surface area contributed by atoms with Gasteiger partial charge in [0.1, 0.15) is 12.7 Å². The molecule has 5 nitrogen and oxygen atoms in total. The smallest absolute Gasteiger partial charge is 0.432 e. The summed E-state index contributed by atoms with van der Waals surface area (Å²) < 4.78 is 8.98. The van der Waals surface area contributed by atoms with E-state index < -0.39 is 18.4 Å². The molecule has 0 aliphatic carbocycles. The van der Waals surface area contributed by atoms with Crippen LogP contribution in [0.2, 0.25) is 0 Å². The van der Waals surface area contributed by atoms with Gasteiger partial charge in [-0.1, -0.05) is 0 Å². The number of rotatable bonds is 4. The maximum atomic E-state index is 10.7. The molecule has 0 aliphatic heterocycles. The van der Waals surface area contributed by atoms with Gasteiger partial charge in [-0.05, 0) is 13.8 Å². The summed E-state index contributed by atoms with van der Waals surface area (Å²) >= 11 is 0. The summed E-state index contributed by atoms with van der Waals surface area (Å²) in [6.45, 7) is 2.67. The second-order valence-electron chi connectivity index (χ2n) is 2.52. The Morgan fingerprint density at radius 1 is 1.50 bits per heavy atom. The van der Waals surface area contributed by atoms with Crippen LogP contribution in [0.25, 0.3) is 0 Å². The van der Waals surface area contributed by atoms with Gasteiger partial charge in [-0.25, -0.2) is 4.79 Å². The van der Waals surface area contributed by atoms with Gasteiger partial charge < -0.3 is 19.7 Å². The molecule has 0 aliphatic rings. The van der Waals surface area contributed by atoms with Gasteiger partial charge in [-0.15, -0.1) is 0 Å². The number of ether oxygens (including phenoxy) is 2. The minimum Gasteiger partial charge on any atom is -0.432 e. The largest absolute Gasteiger partial charge is 0.508 e. The highest BCUT2D eigenvalue weighted by Crippen LogP contribution is 1.94. The summed E-state index contributed by atoms with van der Waals surface area (Å²) in [7, 11) is 0. The minimum absolute atomic E-state index is 0.100. The van der Waals surface area contributed by atoms with Crippen molar-refractivity contribution >= 4 is 6.16 Å². The summed E-state index contributed by atoms with van der Waals surface area (Å²) in [6, 6.07) is 0. The molecule has 0 spiro atoms. The average molecular weight is 178 g/mol. The highest BCUT2D eigenvalue weighted by Gasteiger charge is 2.09. The molecular weight excluding hydrogens is 164 g/mol. The fraction of sp³-hybridized carbons (Fsp3) is 0.857. The third kappa shape index (κ3) is 5.94. The van der Waals surface area contributed by atoms with Crippen molar-refractivity contribution in [2.45, 2.75) is 26.1 Å². The molecule has 0 radical (unpaired) electrons. The van der Waals surface area contributed by atoms with E-state index in [1.54, 1.807) is 0 Å². The third-order valence-electron chi connectivity index (χ3n) is 0.997. The van der Waals surface area contributed by atoms with Crippen LogP contribution in [0, 0.1) is 0 Å². The first-order valence-electron chi connectivity index (χ1n) is 3.68. The highest BCUT2D eigenvalue weighted by atomic mass is 16.7. The van der Waals surface area contributed by atoms with Gasteiger partial charge in [-0.2, -0.15) is 0 Å². The van der Waals surface area contributed by atoms with Crippen LogP contribution in [0.4, 0.5) is 4.79 Å². The molecule has 0 amide bonds. The van der Waals surface area contributed by atoms with Gasteiger partial charge >= 0.3 is 6.16 Å². The zero-order chi connectivity index (χ0) is 9.56. The van der Waals surface area contributed by atoms with Crippen molar-refractivity contribution in [2.75, 3.05) is 13.2 Å². The van der Waals surface area contributed by atoms with Crippen LogP contribution >= 0.6 is 0 Å². The first kappa shape index (κ1) is 11.2. The topological polar surface area (TPSA) is 76.0 Å². The Hall–Kier alpha value is -0.810. The lowest BCUT2D eigenvalue weighted by Crippen LogP contribution is -2.22. The molecule has 0 heterocycles. The fourth-order valence-electron chi connectivity index (χ4n) is 0.424. The molecule has 0 rings (SSSR count). The zero-order valence-corrected chi connectivity index (χ0v) is 7.19. The molecule has 72 valence electrons. The van der Waals surface area contributed by atoms with Gasteiger partial charge in [-0.3, -0.25) is 0 Å². The molecule has 2 N–H and O–H groups in total. The summed E-state index contributed by atoms with van der Waals surface area (Å²) in [5.41, 5.74) is 0. The first-order chi connectivity index (χ1) is 5.56. The van der Waals surface area contributed by atoms with Crippen LogP contribution in [-0.2, 0) is 9.47 Å². The monoisotopic (exact) mass is 178 g/mol. The molecule has 12 heavy (non-hydrogen) atoms. The van der Waals surface area contributed by atoms with E-state index in [0.717, 1.165) is 0 Å². The Morgan fingerprint density at radius 3 is 2.50 bits per heavy atom. The Labute approximate surface area is 70.9 Å². The molecule has 0 aromatic carbocycles. The Bertz CT molecular complexity index is 134. The predicted octanol–water partition coefficient (Wildman–Crippen LogP) is -0.0988. The summed E-state index contributed by atoms with van der Waals surface area (Å²) in [5.74, 6) is 0. The quantitative estimate of drug-likeness (QED) is 0.588. The second kappa shape index (κ2) is 5.79. The zero-order valence-electron chi connectivity index (χ0n) is 7.19. The van der Waals surface area contributed by atoms with Crippen molar-refractivity contribution in [1.29, 1.82) is 0 Å². The Balaban J connectivity index is 3.46. The van der Waals surface area contributed by atoms with Crippen LogP contribution in [0.15, 0.2) is 0 Å². The highest BCUT2D eigenvalue weighted by molar-refractivity contribution is 5.60. The average Bonchev–Trinajstić information content (AvgIpc) is 2.00. The number of hydrogen-bond acceptors (Lipinski definition) is 5. The number of carbonyl (C=O) groups is 1. The van der Waals surface area contributed by atoms with E-state index in [2.05, 4.69) is 9.47 Å². The van der Waals surface area contributed by atoms with Crippen molar-refractivity contribution in [3.63, 3.8) is 0 Å². The summed E-state index contributed by atoms with van der Waals surface area (Å²) in [6.07, 6.45) is -2.16. The molecule has 0 aromatic rings. The van der Waals surface area contributed by atoms with Gasteiger partial charge in [0, 0.05) is 0 Å². The van der Waals surface area contributed by atoms with Crippen LogP contribution in [0.3, 0.4) is 0 Å². The van der Waals surface area contributed by atoms with E-state index in [0.29, 0.717) is 0 Å². The number of aliphatic hydroxyl groups excluding tert-OH is 2. The van der Waals surface area contributed by atoms with Gasteiger partial charge in [0.2, 0.25) is 0 Å². The van der Waals surface area contributed by atoms with E-state index in [4.69, 9.17) is 10.2 Å². The standard InChI is InChI=1S/C7H14O5/c1-5(9)4-11-7(10)12-6(2)3-8/h5-6,8-9H,3-4H2,1-2H3. The van der Waals surface area contributed by atoms with E-state index in [-0.39, 0.29) is 13.2 Å². The lowest BCUT2D eigenvalue weighted by atomic mass is 10.4. The van der Waals surface area contributed by atoms with E-state index in [1.807, 2.05) is 0 Å². The first-order valence-corrected chi connectivity index (χ1v) is 3.68. The molecule has 2 atom stereocenters. The summed E-state index contributed by atoms with van der Waals surface area (Å²) in [4.78, 5) is 10.7. The maximum Gasteiger partial charge on any atom is 0.508 e. The van der Waals surface area contributed by atoms with E-state index >= 15 is 0 Å². The molecule has 0 bridgehead atoms. The Kier molecular flexibility index (Phi) is 5.40. The van der Waals surface area contributed by atoms with Crippen LogP contribution < -0.4 is 0 Å². The predicted molar refractivity (Wildman–Crippen MR) is 40.7 cm³/mol. The number of hydrogen-bond donors (Lipinski definition) is 2. The number of aliphatic hydroxyl groups is 2. The van der Waals surface area contributed by atoms with Crippen molar-refractivity contribution in [2.24, 2.45) is 0 Å². The molecule has 0 saturated carbocycles. The lowest BCUT2D eigenvalue weighted by Gasteiger charge is -2.10. The van der Waals surface area contributed by atoms with E-state index in [9.17, 15) is 4.79 Å². The Morgan fingerprint density at radius 2 is 2.08 bits per heavy atom. The normalized spacial score (nSPS) is 15.0. The van der Waals surface area contributed by atoms with Gasteiger partial charge in [0.15, 0.2) is 0 Å². The van der Waals surface area contributed by atoms with Crippen molar-refractivity contribution < 1.29 is 24.5 Å². The molecule has 0 saturated heterocycles. The SMILES string of the molecule is CC(O)COC(=O)OC(C)CO. The van der Waals surface area contributed by atoms with Crippen molar-refractivity contribution in [3.05, 3.63) is 0 Å². The van der Waals surface area contributed by atoms with Gasteiger partial charge in [0.25, 0.3) is 0 Å². The third-order valence-corrected chi connectivity index (χ3v) is 0.997. The van der Waals surface area contributed by atoms with Gasteiger partial charge in [0.05, 0.1) is 12.7 Å². The second-order valence-corrected chi connectivity index (χ2v) is 2.52. The minimum atomic E-state index is -0.877. The molecular formula is C7H14O5. The molecule has 5 heteroatoms. The molecule has 2 unspecified atom stereocenters. The molecule has 0 fully saturated rings. The molecule has 0 aromatic heterocycles.